The second-order valence-corrected chi connectivity index (χ2v) is 9.03. The maximum atomic E-state index is 13.2. The molecule has 0 aliphatic heterocycles. The number of aromatic nitrogens is 2. The molecule has 0 aliphatic rings. The fraction of sp³-hybridized carbons (Fsp3) is 0.450. The number of ether oxygens (including phenoxy) is 3. The lowest BCUT2D eigenvalue weighted by Crippen LogP contribution is -2.39. The van der Waals surface area contributed by atoms with Crippen LogP contribution in [0.5, 0.6) is 11.5 Å². The molecule has 1 aromatic heterocycles. The number of para-hydroxylation sites is 1. The van der Waals surface area contributed by atoms with E-state index in [2.05, 4.69) is 25.1 Å². The first-order valence-electron chi connectivity index (χ1n) is 9.87. The number of nitrogens with two attached hydrogens (primary N) is 1. The third-order valence-corrected chi connectivity index (χ3v) is 5.89. The molecule has 0 aliphatic carbocycles. The highest BCUT2D eigenvalue weighted by molar-refractivity contribution is 7.90. The molecule has 0 fully saturated rings. The van der Waals surface area contributed by atoms with Gasteiger partial charge in [-0.3, -0.25) is 5.43 Å². The van der Waals surface area contributed by atoms with E-state index >= 15 is 0 Å². The fourth-order valence-corrected chi connectivity index (χ4v) is 3.77. The maximum absolute atomic E-state index is 13.2. The average Bonchev–Trinajstić information content (AvgIpc) is 2.76. The molecule has 1 heterocycles. The zero-order valence-corrected chi connectivity index (χ0v) is 19.6. The van der Waals surface area contributed by atoms with Crippen molar-refractivity contribution in [2.75, 3.05) is 26.1 Å². The summed E-state index contributed by atoms with van der Waals surface area (Å²) in [5.41, 5.74) is 3.51. The number of methoxy groups -OCH3 is 2. The minimum atomic E-state index is -4.10. The van der Waals surface area contributed by atoms with Gasteiger partial charge in [0.25, 0.3) is 10.0 Å². The Morgan fingerprint density at radius 1 is 1.16 bits per heavy atom. The summed E-state index contributed by atoms with van der Waals surface area (Å²) in [6, 6.07) is 5.09. The van der Waals surface area contributed by atoms with E-state index in [4.69, 9.17) is 20.1 Å². The average molecular weight is 467 g/mol. The van der Waals surface area contributed by atoms with Gasteiger partial charge in [0.1, 0.15) is 28.3 Å². The van der Waals surface area contributed by atoms with Crippen LogP contribution in [0.2, 0.25) is 0 Å². The summed E-state index contributed by atoms with van der Waals surface area (Å²) in [5.74, 6) is 6.54. The van der Waals surface area contributed by atoms with Crippen LogP contribution in [0.25, 0.3) is 0 Å². The van der Waals surface area contributed by atoms with Crippen molar-refractivity contribution in [3.05, 3.63) is 42.0 Å². The molecule has 4 N–H and O–H groups in total. The van der Waals surface area contributed by atoms with Crippen LogP contribution in [0.3, 0.4) is 0 Å². The van der Waals surface area contributed by atoms with Gasteiger partial charge in [-0.25, -0.2) is 24.2 Å². The van der Waals surface area contributed by atoms with Gasteiger partial charge in [-0.2, -0.15) is 0 Å². The van der Waals surface area contributed by atoms with Gasteiger partial charge in [0.15, 0.2) is 0 Å². The first kappa shape index (κ1) is 25.3. The van der Waals surface area contributed by atoms with Crippen molar-refractivity contribution in [1.82, 2.24) is 15.4 Å². The topological polar surface area (TPSA) is 150 Å². The van der Waals surface area contributed by atoms with Crippen molar-refractivity contribution >= 4 is 21.7 Å². The summed E-state index contributed by atoms with van der Waals surface area (Å²) in [7, 11) is -1.15. The van der Waals surface area contributed by atoms with Gasteiger partial charge in [-0.15, -0.1) is 4.40 Å². The monoisotopic (exact) mass is 466 g/mol. The molecule has 0 saturated carbocycles. The normalized spacial score (nSPS) is 13.0. The Morgan fingerprint density at radius 2 is 1.75 bits per heavy atom. The van der Waals surface area contributed by atoms with Crippen molar-refractivity contribution in [2.24, 2.45) is 10.2 Å². The number of sulfonamides is 1. The molecule has 1 atom stereocenters. The second kappa shape index (κ2) is 11.6. The molecule has 0 radical (unpaired) electrons. The molecular formula is C20H30N6O5S. The lowest BCUT2D eigenvalue weighted by molar-refractivity contribution is 0.0784. The van der Waals surface area contributed by atoms with Crippen LogP contribution in [-0.2, 0) is 21.2 Å². The summed E-state index contributed by atoms with van der Waals surface area (Å²) in [6.07, 6.45) is 3.11. The smallest absolute Gasteiger partial charge is 0.262 e. The van der Waals surface area contributed by atoms with Crippen LogP contribution in [0.1, 0.15) is 25.2 Å². The predicted molar refractivity (Wildman–Crippen MR) is 122 cm³/mol. The van der Waals surface area contributed by atoms with E-state index in [1.165, 1.54) is 14.2 Å². The van der Waals surface area contributed by atoms with Crippen LogP contribution < -0.4 is 26.1 Å². The number of hydrazine groups is 1. The summed E-state index contributed by atoms with van der Waals surface area (Å²) < 4.78 is 46.4. The summed E-state index contributed by atoms with van der Waals surface area (Å²) in [4.78, 5) is 8.41. The largest absolute Gasteiger partial charge is 0.494 e. The second-order valence-electron chi connectivity index (χ2n) is 7.15. The molecule has 32 heavy (non-hydrogen) atoms. The quantitative estimate of drug-likeness (QED) is 0.203. The molecule has 0 saturated heterocycles. The van der Waals surface area contributed by atoms with Crippen LogP contribution >= 0.6 is 0 Å². The van der Waals surface area contributed by atoms with Gasteiger partial charge in [0, 0.05) is 18.8 Å². The minimum absolute atomic E-state index is 0.0225. The van der Waals surface area contributed by atoms with Crippen molar-refractivity contribution in [3.63, 3.8) is 0 Å². The number of rotatable bonds is 10. The Kier molecular flexibility index (Phi) is 9.17. The number of benzene rings is 1. The van der Waals surface area contributed by atoms with Crippen LogP contribution in [0, 0.1) is 6.92 Å². The van der Waals surface area contributed by atoms with Crippen LogP contribution in [0.15, 0.2) is 35.0 Å². The number of guanidine groups is 1. The van der Waals surface area contributed by atoms with Crippen LogP contribution in [-0.4, -0.2) is 56.5 Å². The van der Waals surface area contributed by atoms with E-state index in [0.717, 1.165) is 5.56 Å². The van der Waals surface area contributed by atoms with Gasteiger partial charge in [0.2, 0.25) is 5.96 Å². The number of hydrogen-bond acceptors (Lipinski definition) is 8. The van der Waals surface area contributed by atoms with Gasteiger partial charge < -0.3 is 19.5 Å². The van der Waals surface area contributed by atoms with Gasteiger partial charge in [-0.1, -0.05) is 6.07 Å². The minimum Gasteiger partial charge on any atom is -0.494 e. The van der Waals surface area contributed by atoms with E-state index in [1.807, 2.05) is 20.8 Å². The first-order chi connectivity index (χ1) is 15.2. The van der Waals surface area contributed by atoms with E-state index in [0.29, 0.717) is 23.0 Å². The Morgan fingerprint density at radius 3 is 2.25 bits per heavy atom. The van der Waals surface area contributed by atoms with Crippen molar-refractivity contribution in [1.29, 1.82) is 0 Å². The number of hydrogen-bond donors (Lipinski definition) is 3. The molecule has 11 nitrogen and oxygen atoms in total. The molecule has 0 spiro atoms. The molecule has 0 unspecified atom stereocenters. The molecule has 0 bridgehead atoms. The SMILES string of the molecule is COc1cccc(OC)c1NC(=NS(=O)(=O)[C@H](COC(C)C)Cc1ncc(C)cn1)NN. The summed E-state index contributed by atoms with van der Waals surface area (Å²) >= 11 is 0. The molecule has 2 aromatic rings. The van der Waals surface area contributed by atoms with Crippen molar-refractivity contribution in [2.45, 2.75) is 38.5 Å². The Bertz CT molecular complexity index is 989. The lowest BCUT2D eigenvalue weighted by Gasteiger charge is -2.18. The van der Waals surface area contributed by atoms with E-state index in [1.54, 1.807) is 30.6 Å². The highest BCUT2D eigenvalue weighted by Gasteiger charge is 2.28. The summed E-state index contributed by atoms with van der Waals surface area (Å²) in [6.45, 7) is 5.40. The lowest BCUT2D eigenvalue weighted by atomic mass is 10.2. The van der Waals surface area contributed by atoms with E-state index < -0.39 is 15.3 Å². The molecule has 176 valence electrons. The zero-order valence-electron chi connectivity index (χ0n) is 18.8. The number of nitrogens with one attached hydrogen (secondary N) is 2. The highest BCUT2D eigenvalue weighted by Crippen LogP contribution is 2.34. The number of aryl methyl sites for hydroxylation is 1. The van der Waals surface area contributed by atoms with E-state index in [-0.39, 0.29) is 25.1 Å². The Balaban J connectivity index is 2.37. The molecule has 0 amide bonds. The standard InChI is InChI=1S/C20H30N6O5S/c1-13(2)31-12-15(9-18-22-10-14(3)11-23-18)32(27,28)26-20(25-21)24-19-16(29-4)7-6-8-17(19)30-5/h6-8,10-11,13,15H,9,12,21H2,1-5H3,(H2,24,25,26)/t15-/m0/s1. The highest BCUT2D eigenvalue weighted by atomic mass is 32.2. The first-order valence-corrected chi connectivity index (χ1v) is 11.4. The maximum Gasteiger partial charge on any atom is 0.262 e. The van der Waals surface area contributed by atoms with Gasteiger partial charge in [-0.05, 0) is 38.5 Å². The number of anilines is 1. The number of nitrogens with zero attached hydrogens (tertiary/aromatic N) is 3. The zero-order chi connectivity index (χ0) is 23.7. The van der Waals surface area contributed by atoms with Gasteiger partial charge in [0.05, 0.1) is 26.9 Å². The van der Waals surface area contributed by atoms with Gasteiger partial charge >= 0.3 is 0 Å². The predicted octanol–water partition coefficient (Wildman–Crippen LogP) is 1.40. The Hall–Kier alpha value is -2.96. The van der Waals surface area contributed by atoms with Crippen molar-refractivity contribution < 1.29 is 22.6 Å². The fourth-order valence-electron chi connectivity index (χ4n) is 2.66. The molecule has 12 heteroatoms. The van der Waals surface area contributed by atoms with Crippen molar-refractivity contribution in [3.8, 4) is 11.5 Å². The summed E-state index contributed by atoms with van der Waals surface area (Å²) in [5, 5.41) is 1.80. The third-order valence-electron chi connectivity index (χ3n) is 4.31. The third kappa shape index (κ3) is 7.04. The molecule has 2 rings (SSSR count). The molecular weight excluding hydrogens is 436 g/mol. The van der Waals surface area contributed by atoms with E-state index in [9.17, 15) is 8.42 Å². The Labute approximate surface area is 188 Å². The molecule has 1 aromatic carbocycles. The van der Waals surface area contributed by atoms with Crippen LogP contribution in [0.4, 0.5) is 5.69 Å².